The van der Waals surface area contributed by atoms with Crippen molar-refractivity contribution < 1.29 is 0 Å². The Balaban J connectivity index is 1.77. The standard InChI is InChI=1S/C21H25N7/c1-4-28-18-8-6-5-7-17(18)24-20(28)16(13-22)19-15(2)14-23-21(25-19)27-11-9-26(3)10-12-27/h5-8,14,16H,4,9-12H2,1-3H3. The van der Waals surface area contributed by atoms with E-state index >= 15 is 0 Å². The zero-order valence-electron chi connectivity index (χ0n) is 16.6. The Morgan fingerprint density at radius 2 is 1.89 bits per heavy atom. The molecule has 3 aromatic rings. The highest BCUT2D eigenvalue weighted by atomic mass is 15.3. The van der Waals surface area contributed by atoms with Crippen molar-refractivity contribution in [3.05, 3.63) is 47.5 Å². The zero-order valence-corrected chi connectivity index (χ0v) is 16.6. The van der Waals surface area contributed by atoms with Gasteiger partial charge in [-0.15, -0.1) is 0 Å². The first-order valence-corrected chi connectivity index (χ1v) is 9.74. The number of hydrogen-bond acceptors (Lipinski definition) is 6. The van der Waals surface area contributed by atoms with Gasteiger partial charge in [0.25, 0.3) is 0 Å². The predicted octanol–water partition coefficient (Wildman–Crippen LogP) is 2.56. The molecule has 0 N–H and O–H groups in total. The van der Waals surface area contributed by atoms with Crippen molar-refractivity contribution in [2.24, 2.45) is 0 Å². The Morgan fingerprint density at radius 3 is 2.61 bits per heavy atom. The summed E-state index contributed by atoms with van der Waals surface area (Å²) in [6.07, 6.45) is 1.83. The molecular weight excluding hydrogens is 350 g/mol. The fraction of sp³-hybridized carbons (Fsp3) is 0.429. The molecular formula is C21H25N7. The molecule has 1 aliphatic heterocycles. The summed E-state index contributed by atoms with van der Waals surface area (Å²) in [5.74, 6) is 0.923. The average Bonchev–Trinajstić information content (AvgIpc) is 3.09. The highest BCUT2D eigenvalue weighted by Crippen LogP contribution is 2.29. The summed E-state index contributed by atoms with van der Waals surface area (Å²) in [5, 5.41) is 10.1. The van der Waals surface area contributed by atoms with Crippen molar-refractivity contribution in [3.63, 3.8) is 0 Å². The molecule has 0 amide bonds. The molecule has 1 aromatic carbocycles. The molecule has 0 saturated carbocycles. The summed E-state index contributed by atoms with van der Waals surface area (Å²) in [5.41, 5.74) is 3.62. The second-order valence-corrected chi connectivity index (χ2v) is 7.29. The molecule has 7 heteroatoms. The summed E-state index contributed by atoms with van der Waals surface area (Å²) < 4.78 is 2.11. The number of rotatable bonds is 4. The SMILES string of the molecule is CCn1c(C(C#N)c2nc(N3CCN(C)CC3)ncc2C)nc2ccccc21. The molecule has 0 spiro atoms. The predicted molar refractivity (Wildman–Crippen MR) is 109 cm³/mol. The second kappa shape index (κ2) is 7.56. The number of fused-ring (bicyclic) bond motifs is 1. The number of anilines is 1. The van der Waals surface area contributed by atoms with Crippen LogP contribution in [0.15, 0.2) is 30.5 Å². The van der Waals surface area contributed by atoms with Crippen molar-refractivity contribution in [1.82, 2.24) is 24.4 Å². The van der Waals surface area contributed by atoms with Gasteiger partial charge in [0.2, 0.25) is 5.95 Å². The van der Waals surface area contributed by atoms with Gasteiger partial charge in [0, 0.05) is 38.9 Å². The van der Waals surface area contributed by atoms with Crippen molar-refractivity contribution in [2.75, 3.05) is 38.1 Å². The van der Waals surface area contributed by atoms with E-state index in [0.717, 1.165) is 60.8 Å². The van der Waals surface area contributed by atoms with Crippen LogP contribution in [0, 0.1) is 18.3 Å². The number of imidazole rings is 1. The van der Waals surface area contributed by atoms with Gasteiger partial charge in [0.1, 0.15) is 11.7 Å². The lowest BCUT2D eigenvalue weighted by molar-refractivity contribution is 0.311. The Hall–Kier alpha value is -2.98. The third-order valence-corrected chi connectivity index (χ3v) is 5.45. The highest BCUT2D eigenvalue weighted by Gasteiger charge is 2.26. The molecule has 0 aliphatic carbocycles. The van der Waals surface area contributed by atoms with Crippen LogP contribution in [-0.2, 0) is 6.54 Å². The lowest BCUT2D eigenvalue weighted by Crippen LogP contribution is -2.45. The molecule has 144 valence electrons. The molecule has 1 saturated heterocycles. The Labute approximate surface area is 165 Å². The summed E-state index contributed by atoms with van der Waals surface area (Å²) >= 11 is 0. The Kier molecular flexibility index (Phi) is 4.97. The van der Waals surface area contributed by atoms with Crippen molar-refractivity contribution >= 4 is 17.0 Å². The number of para-hydroxylation sites is 2. The van der Waals surface area contributed by atoms with E-state index < -0.39 is 5.92 Å². The first kappa shape index (κ1) is 18.4. The van der Waals surface area contributed by atoms with Gasteiger partial charge in [0.05, 0.1) is 22.8 Å². The van der Waals surface area contributed by atoms with Crippen LogP contribution in [0.2, 0.25) is 0 Å². The van der Waals surface area contributed by atoms with E-state index in [0.29, 0.717) is 5.95 Å². The summed E-state index contributed by atoms with van der Waals surface area (Å²) in [6, 6.07) is 10.5. The molecule has 0 radical (unpaired) electrons. The van der Waals surface area contributed by atoms with Crippen LogP contribution in [0.3, 0.4) is 0 Å². The number of nitriles is 1. The van der Waals surface area contributed by atoms with Crippen LogP contribution in [0.25, 0.3) is 11.0 Å². The van der Waals surface area contributed by atoms with Crippen molar-refractivity contribution in [2.45, 2.75) is 26.3 Å². The normalized spacial score (nSPS) is 16.3. The number of hydrogen-bond donors (Lipinski definition) is 0. The molecule has 1 atom stereocenters. The topological polar surface area (TPSA) is 73.9 Å². The van der Waals surface area contributed by atoms with Crippen molar-refractivity contribution in [1.29, 1.82) is 5.26 Å². The number of aromatic nitrogens is 4. The fourth-order valence-electron chi connectivity index (χ4n) is 3.78. The van der Waals surface area contributed by atoms with Crippen LogP contribution in [-0.4, -0.2) is 57.6 Å². The van der Waals surface area contributed by atoms with Gasteiger partial charge >= 0.3 is 0 Å². The molecule has 1 fully saturated rings. The van der Waals surface area contributed by atoms with E-state index in [1.54, 1.807) is 0 Å². The zero-order chi connectivity index (χ0) is 19.7. The molecule has 1 unspecified atom stereocenters. The minimum absolute atomic E-state index is 0.526. The second-order valence-electron chi connectivity index (χ2n) is 7.29. The number of nitrogens with zero attached hydrogens (tertiary/aromatic N) is 7. The summed E-state index contributed by atoms with van der Waals surface area (Å²) in [4.78, 5) is 18.7. The van der Waals surface area contributed by atoms with E-state index in [9.17, 15) is 5.26 Å². The quantitative estimate of drug-likeness (QED) is 0.698. The summed E-state index contributed by atoms with van der Waals surface area (Å²) in [7, 11) is 2.12. The smallest absolute Gasteiger partial charge is 0.225 e. The van der Waals surface area contributed by atoms with Gasteiger partial charge in [-0.2, -0.15) is 5.26 Å². The minimum Gasteiger partial charge on any atom is -0.338 e. The number of likely N-dealkylation sites (N-methyl/N-ethyl adjacent to an activating group) is 1. The van der Waals surface area contributed by atoms with Gasteiger partial charge in [-0.05, 0) is 38.6 Å². The fourth-order valence-corrected chi connectivity index (χ4v) is 3.78. The molecule has 1 aliphatic rings. The van der Waals surface area contributed by atoms with Crippen LogP contribution in [0.1, 0.15) is 29.9 Å². The summed E-state index contributed by atoms with van der Waals surface area (Å²) in [6.45, 7) is 8.55. The average molecular weight is 375 g/mol. The molecule has 7 nitrogen and oxygen atoms in total. The van der Waals surface area contributed by atoms with Gasteiger partial charge in [-0.25, -0.2) is 15.0 Å². The highest BCUT2D eigenvalue weighted by molar-refractivity contribution is 5.76. The first-order valence-electron chi connectivity index (χ1n) is 9.74. The van der Waals surface area contributed by atoms with E-state index in [-0.39, 0.29) is 0 Å². The Bertz CT molecular complexity index is 1020. The third kappa shape index (κ3) is 3.20. The Morgan fingerprint density at radius 1 is 1.14 bits per heavy atom. The molecule has 0 bridgehead atoms. The lowest BCUT2D eigenvalue weighted by atomic mass is 10.0. The third-order valence-electron chi connectivity index (χ3n) is 5.45. The number of piperazine rings is 1. The monoisotopic (exact) mass is 375 g/mol. The molecule has 2 aromatic heterocycles. The van der Waals surface area contributed by atoms with Gasteiger partial charge < -0.3 is 14.4 Å². The first-order chi connectivity index (χ1) is 13.6. The van der Waals surface area contributed by atoms with E-state index in [2.05, 4.69) is 39.4 Å². The number of aryl methyl sites for hydroxylation is 2. The minimum atomic E-state index is -0.526. The van der Waals surface area contributed by atoms with Crippen LogP contribution < -0.4 is 4.90 Å². The molecule has 3 heterocycles. The van der Waals surface area contributed by atoms with Gasteiger partial charge in [-0.1, -0.05) is 12.1 Å². The van der Waals surface area contributed by atoms with Crippen LogP contribution in [0.5, 0.6) is 0 Å². The largest absolute Gasteiger partial charge is 0.338 e. The van der Waals surface area contributed by atoms with Gasteiger partial charge in [-0.3, -0.25) is 0 Å². The van der Waals surface area contributed by atoms with Crippen LogP contribution >= 0.6 is 0 Å². The molecule has 28 heavy (non-hydrogen) atoms. The lowest BCUT2D eigenvalue weighted by Gasteiger charge is -2.32. The van der Waals surface area contributed by atoms with Gasteiger partial charge in [0.15, 0.2) is 0 Å². The van der Waals surface area contributed by atoms with E-state index in [4.69, 9.17) is 9.97 Å². The maximum atomic E-state index is 10.1. The maximum absolute atomic E-state index is 10.1. The molecule has 4 rings (SSSR count). The van der Waals surface area contributed by atoms with Crippen molar-refractivity contribution in [3.8, 4) is 6.07 Å². The number of benzene rings is 1. The van der Waals surface area contributed by atoms with Crippen LogP contribution in [0.4, 0.5) is 5.95 Å². The van der Waals surface area contributed by atoms with E-state index in [1.807, 2.05) is 37.4 Å². The maximum Gasteiger partial charge on any atom is 0.225 e. The van der Waals surface area contributed by atoms with E-state index in [1.165, 1.54) is 0 Å².